The maximum atomic E-state index is 13.0. The fraction of sp³-hybridized carbons (Fsp3) is 0.562. The topological polar surface area (TPSA) is 38.3 Å². The third-order valence-corrected chi connectivity index (χ3v) is 4.06. The molecule has 1 fully saturated rings. The zero-order valence-corrected chi connectivity index (χ0v) is 12.5. The SMILES string of the molecule is COc1ccc(CC(=O)NC2CCCCC2C(F)(F)F)cc1. The molecule has 1 N–H and O–H groups in total. The van der Waals surface area contributed by atoms with Crippen molar-refractivity contribution in [1.82, 2.24) is 5.32 Å². The Morgan fingerprint density at radius 3 is 2.45 bits per heavy atom. The molecule has 0 bridgehead atoms. The molecule has 1 aliphatic rings. The number of ether oxygens (including phenoxy) is 1. The van der Waals surface area contributed by atoms with Gasteiger partial charge in [-0.15, -0.1) is 0 Å². The van der Waals surface area contributed by atoms with Crippen LogP contribution in [0.2, 0.25) is 0 Å². The van der Waals surface area contributed by atoms with Crippen LogP contribution < -0.4 is 10.1 Å². The van der Waals surface area contributed by atoms with Gasteiger partial charge in [0, 0.05) is 6.04 Å². The zero-order valence-electron chi connectivity index (χ0n) is 12.5. The second-order valence-electron chi connectivity index (χ2n) is 5.63. The van der Waals surface area contributed by atoms with E-state index in [1.165, 1.54) is 0 Å². The van der Waals surface area contributed by atoms with Gasteiger partial charge in [0.25, 0.3) is 0 Å². The van der Waals surface area contributed by atoms with Crippen LogP contribution in [0, 0.1) is 5.92 Å². The van der Waals surface area contributed by atoms with Gasteiger partial charge in [-0.1, -0.05) is 25.0 Å². The summed E-state index contributed by atoms with van der Waals surface area (Å²) in [4.78, 5) is 12.0. The van der Waals surface area contributed by atoms with Crippen LogP contribution in [0.3, 0.4) is 0 Å². The molecule has 0 spiro atoms. The predicted octanol–water partition coefficient (Wildman–Crippen LogP) is 3.48. The number of rotatable bonds is 4. The van der Waals surface area contributed by atoms with Gasteiger partial charge in [-0.05, 0) is 30.5 Å². The second-order valence-corrected chi connectivity index (χ2v) is 5.63. The van der Waals surface area contributed by atoms with Gasteiger partial charge in [0.2, 0.25) is 5.91 Å². The lowest BCUT2D eigenvalue weighted by atomic mass is 9.84. The Morgan fingerprint density at radius 2 is 1.86 bits per heavy atom. The molecule has 122 valence electrons. The van der Waals surface area contributed by atoms with Crippen LogP contribution in [0.5, 0.6) is 5.75 Å². The highest BCUT2D eigenvalue weighted by Crippen LogP contribution is 2.37. The molecule has 1 amide bonds. The Hall–Kier alpha value is -1.72. The fourth-order valence-corrected chi connectivity index (χ4v) is 2.88. The lowest BCUT2D eigenvalue weighted by Gasteiger charge is -2.33. The summed E-state index contributed by atoms with van der Waals surface area (Å²) in [6.07, 6.45) is -2.41. The van der Waals surface area contributed by atoms with Crippen molar-refractivity contribution >= 4 is 5.91 Å². The first-order chi connectivity index (χ1) is 10.4. The lowest BCUT2D eigenvalue weighted by Crippen LogP contribution is -2.48. The summed E-state index contributed by atoms with van der Waals surface area (Å²) >= 11 is 0. The lowest BCUT2D eigenvalue weighted by molar-refractivity contribution is -0.189. The van der Waals surface area contributed by atoms with Crippen molar-refractivity contribution in [3.8, 4) is 5.75 Å². The summed E-state index contributed by atoms with van der Waals surface area (Å²) < 4.78 is 44.0. The fourth-order valence-electron chi connectivity index (χ4n) is 2.88. The number of hydrogen-bond donors (Lipinski definition) is 1. The molecule has 2 atom stereocenters. The summed E-state index contributed by atoms with van der Waals surface area (Å²) in [5.41, 5.74) is 0.748. The van der Waals surface area contributed by atoms with E-state index in [0.717, 1.165) is 12.0 Å². The Morgan fingerprint density at radius 1 is 1.23 bits per heavy atom. The van der Waals surface area contributed by atoms with Crippen molar-refractivity contribution in [2.75, 3.05) is 7.11 Å². The summed E-state index contributed by atoms with van der Waals surface area (Å²) in [5, 5.41) is 2.56. The van der Waals surface area contributed by atoms with E-state index in [9.17, 15) is 18.0 Å². The highest BCUT2D eigenvalue weighted by molar-refractivity contribution is 5.79. The average molecular weight is 315 g/mol. The van der Waals surface area contributed by atoms with Crippen molar-refractivity contribution in [1.29, 1.82) is 0 Å². The number of hydrogen-bond acceptors (Lipinski definition) is 2. The summed E-state index contributed by atoms with van der Waals surface area (Å²) in [6, 6.07) is 6.12. The first kappa shape index (κ1) is 16.6. The molecule has 1 saturated carbocycles. The van der Waals surface area contributed by atoms with E-state index in [0.29, 0.717) is 18.6 Å². The van der Waals surface area contributed by atoms with Crippen LogP contribution in [0.4, 0.5) is 13.2 Å². The molecule has 1 aliphatic carbocycles. The first-order valence-corrected chi connectivity index (χ1v) is 7.39. The van der Waals surface area contributed by atoms with Crippen molar-refractivity contribution in [3.05, 3.63) is 29.8 Å². The Labute approximate surface area is 127 Å². The normalized spacial score (nSPS) is 22.2. The van der Waals surface area contributed by atoms with Crippen LogP contribution in [0.1, 0.15) is 31.2 Å². The van der Waals surface area contributed by atoms with E-state index >= 15 is 0 Å². The maximum absolute atomic E-state index is 13.0. The van der Waals surface area contributed by atoms with Crippen LogP contribution >= 0.6 is 0 Å². The van der Waals surface area contributed by atoms with Crippen molar-refractivity contribution in [2.45, 2.75) is 44.3 Å². The molecule has 1 aromatic rings. The van der Waals surface area contributed by atoms with Gasteiger partial charge in [0.15, 0.2) is 0 Å². The van der Waals surface area contributed by atoms with Gasteiger partial charge < -0.3 is 10.1 Å². The molecule has 6 heteroatoms. The first-order valence-electron chi connectivity index (χ1n) is 7.39. The number of carbonyl (C=O) groups is 1. The summed E-state index contributed by atoms with van der Waals surface area (Å²) in [6.45, 7) is 0. The highest BCUT2D eigenvalue weighted by atomic mass is 19.4. The minimum atomic E-state index is -4.25. The highest BCUT2D eigenvalue weighted by Gasteiger charge is 2.45. The minimum absolute atomic E-state index is 0.0745. The van der Waals surface area contributed by atoms with Crippen molar-refractivity contribution in [2.24, 2.45) is 5.92 Å². The largest absolute Gasteiger partial charge is 0.497 e. The predicted molar refractivity (Wildman–Crippen MR) is 76.6 cm³/mol. The van der Waals surface area contributed by atoms with Gasteiger partial charge in [0.05, 0.1) is 19.4 Å². The van der Waals surface area contributed by atoms with Crippen molar-refractivity contribution in [3.63, 3.8) is 0 Å². The smallest absolute Gasteiger partial charge is 0.393 e. The molecule has 1 aromatic carbocycles. The number of amides is 1. The minimum Gasteiger partial charge on any atom is -0.497 e. The third-order valence-electron chi connectivity index (χ3n) is 4.06. The van der Waals surface area contributed by atoms with E-state index < -0.39 is 18.1 Å². The third kappa shape index (κ3) is 4.39. The van der Waals surface area contributed by atoms with E-state index in [-0.39, 0.29) is 18.7 Å². The molecule has 22 heavy (non-hydrogen) atoms. The van der Waals surface area contributed by atoms with E-state index in [1.54, 1.807) is 31.4 Å². The van der Waals surface area contributed by atoms with Gasteiger partial charge in [-0.2, -0.15) is 13.2 Å². The van der Waals surface area contributed by atoms with Crippen molar-refractivity contribution < 1.29 is 22.7 Å². The van der Waals surface area contributed by atoms with Gasteiger partial charge >= 0.3 is 6.18 Å². The Balaban J connectivity index is 1.94. The maximum Gasteiger partial charge on any atom is 0.393 e. The van der Waals surface area contributed by atoms with Gasteiger partial charge in [0.1, 0.15) is 5.75 Å². The van der Waals surface area contributed by atoms with Crippen LogP contribution in [0.15, 0.2) is 24.3 Å². The van der Waals surface area contributed by atoms with Gasteiger partial charge in [-0.25, -0.2) is 0 Å². The number of benzene rings is 1. The molecule has 2 unspecified atom stereocenters. The molecule has 0 radical (unpaired) electrons. The van der Waals surface area contributed by atoms with Crippen LogP contribution in [-0.2, 0) is 11.2 Å². The number of nitrogens with one attached hydrogen (secondary N) is 1. The van der Waals surface area contributed by atoms with E-state index in [4.69, 9.17) is 4.74 Å². The monoisotopic (exact) mass is 315 g/mol. The second kappa shape index (κ2) is 7.03. The molecule has 0 aliphatic heterocycles. The molecule has 3 nitrogen and oxygen atoms in total. The molecular weight excluding hydrogens is 295 g/mol. The van der Waals surface area contributed by atoms with Crippen LogP contribution in [-0.4, -0.2) is 25.2 Å². The molecule has 0 aromatic heterocycles. The number of alkyl halides is 3. The zero-order chi connectivity index (χ0) is 16.2. The summed E-state index contributed by atoms with van der Waals surface area (Å²) in [5.74, 6) is -1.12. The molecule has 0 heterocycles. The molecule has 0 saturated heterocycles. The number of methoxy groups -OCH3 is 1. The summed E-state index contributed by atoms with van der Waals surface area (Å²) in [7, 11) is 1.54. The Kier molecular flexibility index (Phi) is 5.32. The average Bonchev–Trinajstić information content (AvgIpc) is 2.47. The molecule has 2 rings (SSSR count). The number of carbonyl (C=O) groups excluding carboxylic acids is 1. The standard InChI is InChI=1S/C16H20F3NO2/c1-22-12-8-6-11(7-9-12)10-15(21)20-14-5-3-2-4-13(14)16(17,18)19/h6-9,13-14H,2-5,10H2,1H3,(H,20,21). The van der Waals surface area contributed by atoms with E-state index in [2.05, 4.69) is 5.32 Å². The number of halogens is 3. The quantitative estimate of drug-likeness (QED) is 0.924. The van der Waals surface area contributed by atoms with E-state index in [1.807, 2.05) is 0 Å². The molecular formula is C16H20F3NO2. The van der Waals surface area contributed by atoms with Gasteiger partial charge in [-0.3, -0.25) is 4.79 Å². The van der Waals surface area contributed by atoms with Crippen LogP contribution in [0.25, 0.3) is 0 Å². The Bertz CT molecular complexity index is 499.